The second-order valence-electron chi connectivity index (χ2n) is 5.97. The van der Waals surface area contributed by atoms with E-state index in [4.69, 9.17) is 0 Å². The van der Waals surface area contributed by atoms with E-state index in [0.29, 0.717) is 12.0 Å². The van der Waals surface area contributed by atoms with Crippen LogP contribution in [0.15, 0.2) is 0 Å². The molecule has 0 aromatic carbocycles. The summed E-state index contributed by atoms with van der Waals surface area (Å²) >= 11 is 0. The van der Waals surface area contributed by atoms with E-state index in [1.807, 2.05) is 4.90 Å². The average molecular weight is 255 g/mol. The number of nitrogens with zero attached hydrogens (tertiary/aromatic N) is 2. The lowest BCUT2D eigenvalue weighted by Gasteiger charge is -2.21. The molecule has 1 unspecified atom stereocenters. The zero-order chi connectivity index (χ0) is 13.7. The smallest absolute Gasteiger partial charge is 0.241 e. The zero-order valence-corrected chi connectivity index (χ0v) is 12.6. The third kappa shape index (κ3) is 4.25. The standard InChI is InChI=1S/C14H29N3O/c1-11(2)13-14(18)17(10-15-13)9-7-6-8-16(5)12(3)4/h11-13,15H,6-10H2,1-5H3. The number of hydrogen-bond donors (Lipinski definition) is 1. The molecule has 0 bridgehead atoms. The van der Waals surface area contributed by atoms with Gasteiger partial charge in [-0.25, -0.2) is 0 Å². The monoisotopic (exact) mass is 255 g/mol. The van der Waals surface area contributed by atoms with Crippen LogP contribution < -0.4 is 5.32 Å². The number of carbonyl (C=O) groups excluding carboxylic acids is 1. The van der Waals surface area contributed by atoms with Crippen LogP contribution in [0.2, 0.25) is 0 Å². The summed E-state index contributed by atoms with van der Waals surface area (Å²) in [7, 11) is 2.15. The van der Waals surface area contributed by atoms with Gasteiger partial charge in [-0.15, -0.1) is 0 Å². The van der Waals surface area contributed by atoms with Crippen LogP contribution >= 0.6 is 0 Å². The number of rotatable bonds is 7. The van der Waals surface area contributed by atoms with Gasteiger partial charge in [0.15, 0.2) is 0 Å². The lowest BCUT2D eigenvalue weighted by Crippen LogP contribution is -2.35. The molecule has 106 valence electrons. The van der Waals surface area contributed by atoms with Gasteiger partial charge in [-0.2, -0.15) is 0 Å². The third-order valence-corrected chi connectivity index (χ3v) is 3.82. The van der Waals surface area contributed by atoms with Gasteiger partial charge >= 0.3 is 0 Å². The minimum atomic E-state index is 0.0309. The van der Waals surface area contributed by atoms with Crippen LogP contribution in [0.4, 0.5) is 0 Å². The molecular formula is C14H29N3O. The molecule has 18 heavy (non-hydrogen) atoms. The molecule has 4 heteroatoms. The molecule has 0 aromatic heterocycles. The van der Waals surface area contributed by atoms with Crippen molar-refractivity contribution in [1.29, 1.82) is 0 Å². The highest BCUT2D eigenvalue weighted by Gasteiger charge is 2.32. The van der Waals surface area contributed by atoms with E-state index in [1.54, 1.807) is 0 Å². The van der Waals surface area contributed by atoms with Crippen molar-refractivity contribution < 1.29 is 4.79 Å². The molecule has 0 aromatic rings. The first-order valence-electron chi connectivity index (χ1n) is 7.16. The number of hydrogen-bond acceptors (Lipinski definition) is 3. The van der Waals surface area contributed by atoms with Gasteiger partial charge in [0.25, 0.3) is 0 Å². The fourth-order valence-electron chi connectivity index (χ4n) is 2.20. The Balaban J connectivity index is 2.19. The largest absolute Gasteiger partial charge is 0.329 e. The van der Waals surface area contributed by atoms with Crippen molar-refractivity contribution in [2.24, 2.45) is 5.92 Å². The van der Waals surface area contributed by atoms with Gasteiger partial charge in [0.1, 0.15) is 0 Å². The number of nitrogens with one attached hydrogen (secondary N) is 1. The summed E-state index contributed by atoms with van der Waals surface area (Å²) in [6, 6.07) is 0.633. The molecule has 4 nitrogen and oxygen atoms in total. The summed E-state index contributed by atoms with van der Waals surface area (Å²) in [5.41, 5.74) is 0. The summed E-state index contributed by atoms with van der Waals surface area (Å²) in [5, 5.41) is 3.29. The Morgan fingerprint density at radius 2 is 2.00 bits per heavy atom. The highest BCUT2D eigenvalue weighted by atomic mass is 16.2. The lowest BCUT2D eigenvalue weighted by atomic mass is 10.1. The van der Waals surface area contributed by atoms with E-state index < -0.39 is 0 Å². The summed E-state index contributed by atoms with van der Waals surface area (Å²) < 4.78 is 0. The van der Waals surface area contributed by atoms with Crippen LogP contribution in [-0.4, -0.2) is 54.6 Å². The molecule has 0 aliphatic carbocycles. The normalized spacial score (nSPS) is 20.8. The molecule has 1 amide bonds. The van der Waals surface area contributed by atoms with E-state index in [0.717, 1.165) is 32.6 Å². The average Bonchev–Trinajstić information content (AvgIpc) is 2.66. The van der Waals surface area contributed by atoms with Crippen molar-refractivity contribution in [3.05, 3.63) is 0 Å². The molecule has 0 radical (unpaired) electrons. The fourth-order valence-corrected chi connectivity index (χ4v) is 2.20. The molecule has 1 fully saturated rings. The Kier molecular flexibility index (Phi) is 6.09. The predicted molar refractivity (Wildman–Crippen MR) is 75.3 cm³/mol. The van der Waals surface area contributed by atoms with Crippen molar-refractivity contribution in [3.8, 4) is 0 Å². The van der Waals surface area contributed by atoms with Gasteiger partial charge in [0.05, 0.1) is 12.7 Å². The molecule has 1 atom stereocenters. The maximum atomic E-state index is 12.0. The minimum Gasteiger partial charge on any atom is -0.329 e. The molecule has 1 N–H and O–H groups in total. The quantitative estimate of drug-likeness (QED) is 0.701. The Bertz CT molecular complexity index is 266. The van der Waals surface area contributed by atoms with E-state index in [-0.39, 0.29) is 11.9 Å². The number of carbonyl (C=O) groups is 1. The highest BCUT2D eigenvalue weighted by Crippen LogP contribution is 2.12. The Labute approximate surface area is 112 Å². The first-order valence-corrected chi connectivity index (χ1v) is 7.16. The zero-order valence-electron chi connectivity index (χ0n) is 12.6. The molecular weight excluding hydrogens is 226 g/mol. The first kappa shape index (κ1) is 15.4. The van der Waals surface area contributed by atoms with Crippen LogP contribution in [0.1, 0.15) is 40.5 Å². The lowest BCUT2D eigenvalue weighted by molar-refractivity contribution is -0.129. The van der Waals surface area contributed by atoms with Gasteiger partial charge in [-0.3, -0.25) is 10.1 Å². The summed E-state index contributed by atoms with van der Waals surface area (Å²) in [6.45, 7) is 11.3. The maximum absolute atomic E-state index is 12.0. The minimum absolute atomic E-state index is 0.0309. The van der Waals surface area contributed by atoms with Crippen molar-refractivity contribution in [3.63, 3.8) is 0 Å². The Morgan fingerprint density at radius 1 is 1.33 bits per heavy atom. The van der Waals surface area contributed by atoms with Crippen LogP contribution in [-0.2, 0) is 4.79 Å². The number of unbranched alkanes of at least 4 members (excludes halogenated alkanes) is 1. The predicted octanol–water partition coefficient (Wildman–Crippen LogP) is 1.52. The van der Waals surface area contributed by atoms with E-state index >= 15 is 0 Å². The number of amides is 1. The SMILES string of the molecule is CC(C)C1NCN(CCCCN(C)C(C)C)C1=O. The first-order chi connectivity index (χ1) is 8.43. The van der Waals surface area contributed by atoms with Gasteiger partial charge in [0.2, 0.25) is 5.91 Å². The highest BCUT2D eigenvalue weighted by molar-refractivity contribution is 5.83. The second kappa shape index (κ2) is 7.10. The molecule has 1 heterocycles. The molecule has 0 spiro atoms. The van der Waals surface area contributed by atoms with Crippen molar-refractivity contribution in [1.82, 2.24) is 15.1 Å². The second-order valence-corrected chi connectivity index (χ2v) is 5.97. The molecule has 1 aliphatic heterocycles. The van der Waals surface area contributed by atoms with E-state index in [9.17, 15) is 4.79 Å². The Morgan fingerprint density at radius 3 is 2.50 bits per heavy atom. The van der Waals surface area contributed by atoms with Crippen molar-refractivity contribution >= 4 is 5.91 Å². The van der Waals surface area contributed by atoms with Crippen LogP contribution in [0.3, 0.4) is 0 Å². The fraction of sp³-hybridized carbons (Fsp3) is 0.929. The molecule has 1 saturated heterocycles. The van der Waals surface area contributed by atoms with Crippen LogP contribution in [0, 0.1) is 5.92 Å². The van der Waals surface area contributed by atoms with Crippen LogP contribution in [0.5, 0.6) is 0 Å². The van der Waals surface area contributed by atoms with Crippen LogP contribution in [0.25, 0.3) is 0 Å². The van der Waals surface area contributed by atoms with Gasteiger partial charge < -0.3 is 9.80 Å². The summed E-state index contributed by atoms with van der Waals surface area (Å²) in [4.78, 5) is 16.3. The topological polar surface area (TPSA) is 35.6 Å². The van der Waals surface area contributed by atoms with Crippen molar-refractivity contribution in [2.75, 3.05) is 26.8 Å². The molecule has 1 rings (SSSR count). The van der Waals surface area contributed by atoms with E-state index in [1.165, 1.54) is 0 Å². The van der Waals surface area contributed by atoms with Gasteiger partial charge in [-0.1, -0.05) is 13.8 Å². The van der Waals surface area contributed by atoms with Gasteiger partial charge in [-0.05, 0) is 46.2 Å². The van der Waals surface area contributed by atoms with Gasteiger partial charge in [0, 0.05) is 12.6 Å². The molecule has 1 aliphatic rings. The van der Waals surface area contributed by atoms with Crippen molar-refractivity contribution in [2.45, 2.75) is 52.6 Å². The summed E-state index contributed by atoms with van der Waals surface area (Å²) in [6.07, 6.45) is 2.25. The molecule has 0 saturated carbocycles. The summed E-state index contributed by atoms with van der Waals surface area (Å²) in [5.74, 6) is 0.664. The maximum Gasteiger partial charge on any atom is 0.241 e. The third-order valence-electron chi connectivity index (χ3n) is 3.82. The Hall–Kier alpha value is -0.610. The van der Waals surface area contributed by atoms with E-state index in [2.05, 4.69) is 45.0 Å².